The van der Waals surface area contributed by atoms with Gasteiger partial charge in [-0.15, -0.1) is 0 Å². The first-order valence-corrected chi connectivity index (χ1v) is 5.45. The minimum Gasteiger partial charge on any atom is -0.489 e. The molecule has 0 heterocycles. The van der Waals surface area contributed by atoms with Gasteiger partial charge in [0.05, 0.1) is 0 Å². The Morgan fingerprint density at radius 1 is 1.47 bits per heavy atom. The second-order valence-electron chi connectivity index (χ2n) is 4.27. The number of hydrogen-bond donors (Lipinski definition) is 0. The molecule has 0 bridgehead atoms. The average Bonchev–Trinajstić information content (AvgIpc) is 2.30. The van der Waals surface area contributed by atoms with Gasteiger partial charge in [-0.3, -0.25) is 0 Å². The third-order valence-electron chi connectivity index (χ3n) is 2.26. The number of ether oxygens (including phenoxy) is 1. The fourth-order valence-electron chi connectivity index (χ4n) is 1.62. The van der Waals surface area contributed by atoms with E-state index in [0.717, 1.165) is 18.7 Å². The van der Waals surface area contributed by atoms with Crippen molar-refractivity contribution in [1.29, 1.82) is 0 Å². The predicted molar refractivity (Wildman–Crippen MR) is 64.7 cm³/mol. The lowest BCUT2D eigenvalue weighted by Crippen LogP contribution is -2.25. The van der Waals surface area contributed by atoms with Crippen LogP contribution in [0.25, 0.3) is 0 Å². The lowest BCUT2D eigenvalue weighted by Gasteiger charge is -2.20. The lowest BCUT2D eigenvalue weighted by molar-refractivity contribution is 0.109. The summed E-state index contributed by atoms with van der Waals surface area (Å²) in [4.78, 5) is 2.14. The maximum atomic E-state index is 5.91. The quantitative estimate of drug-likeness (QED) is 0.703. The van der Waals surface area contributed by atoms with Crippen molar-refractivity contribution in [2.75, 3.05) is 20.6 Å². The van der Waals surface area contributed by atoms with Crippen molar-refractivity contribution in [2.45, 2.75) is 26.4 Å². The number of allylic oxidation sites excluding steroid dienone is 5. The van der Waals surface area contributed by atoms with Gasteiger partial charge in [-0.2, -0.15) is 0 Å². The van der Waals surface area contributed by atoms with E-state index in [4.69, 9.17) is 4.74 Å². The summed E-state index contributed by atoms with van der Waals surface area (Å²) < 4.78 is 5.91. The molecule has 0 amide bonds. The first-order chi connectivity index (χ1) is 7.09. The van der Waals surface area contributed by atoms with Crippen LogP contribution in [0, 0.1) is 0 Å². The van der Waals surface area contributed by atoms with E-state index in [-0.39, 0.29) is 6.10 Å². The highest BCUT2D eigenvalue weighted by Gasteiger charge is 2.09. The van der Waals surface area contributed by atoms with Crippen LogP contribution in [0.2, 0.25) is 0 Å². The Bertz CT molecular complexity index is 287. The Morgan fingerprint density at radius 2 is 2.20 bits per heavy atom. The van der Waals surface area contributed by atoms with Crippen LogP contribution < -0.4 is 0 Å². The summed E-state index contributed by atoms with van der Waals surface area (Å²) in [5, 5.41) is 0. The first kappa shape index (κ1) is 12.1. The molecule has 0 fully saturated rings. The number of nitrogens with zero attached hydrogens (tertiary/aromatic N) is 1. The fraction of sp³-hybridized carbons (Fsp3) is 0.538. The standard InChI is InChI=1S/C13H21NO/c1-11-8-6-5-7-9-13(11)15-12(2)10-14(3)4/h5-6,8-9,12H,7,10H2,1-4H3. The van der Waals surface area contributed by atoms with Crippen molar-refractivity contribution in [3.63, 3.8) is 0 Å². The van der Waals surface area contributed by atoms with Crippen LogP contribution in [0.1, 0.15) is 20.3 Å². The summed E-state index contributed by atoms with van der Waals surface area (Å²) in [5.41, 5.74) is 1.20. The Morgan fingerprint density at radius 3 is 2.87 bits per heavy atom. The molecule has 2 heteroatoms. The van der Waals surface area contributed by atoms with Gasteiger partial charge in [0.1, 0.15) is 11.9 Å². The van der Waals surface area contributed by atoms with Gasteiger partial charge in [0.2, 0.25) is 0 Å². The third-order valence-corrected chi connectivity index (χ3v) is 2.26. The van der Waals surface area contributed by atoms with E-state index >= 15 is 0 Å². The van der Waals surface area contributed by atoms with E-state index in [2.05, 4.69) is 57.1 Å². The Kier molecular flexibility index (Phi) is 4.63. The topological polar surface area (TPSA) is 12.5 Å². The van der Waals surface area contributed by atoms with E-state index in [1.807, 2.05) is 0 Å². The minimum absolute atomic E-state index is 0.229. The zero-order valence-corrected chi connectivity index (χ0v) is 10.2. The van der Waals surface area contributed by atoms with Crippen LogP contribution in [0.5, 0.6) is 0 Å². The van der Waals surface area contributed by atoms with Crippen molar-refractivity contribution in [3.8, 4) is 0 Å². The van der Waals surface area contributed by atoms with Crippen molar-refractivity contribution >= 4 is 0 Å². The van der Waals surface area contributed by atoms with Crippen LogP contribution in [0.15, 0.2) is 35.6 Å². The molecule has 0 aliphatic heterocycles. The van der Waals surface area contributed by atoms with E-state index in [9.17, 15) is 0 Å². The van der Waals surface area contributed by atoms with Gasteiger partial charge in [0, 0.05) is 6.54 Å². The zero-order valence-electron chi connectivity index (χ0n) is 10.2. The van der Waals surface area contributed by atoms with Crippen LogP contribution >= 0.6 is 0 Å². The lowest BCUT2D eigenvalue weighted by atomic mass is 10.2. The van der Waals surface area contributed by atoms with E-state index in [1.165, 1.54) is 5.57 Å². The van der Waals surface area contributed by atoms with Gasteiger partial charge in [-0.25, -0.2) is 0 Å². The second-order valence-corrected chi connectivity index (χ2v) is 4.27. The smallest absolute Gasteiger partial charge is 0.119 e. The second kappa shape index (κ2) is 5.76. The first-order valence-electron chi connectivity index (χ1n) is 5.45. The highest BCUT2D eigenvalue weighted by atomic mass is 16.5. The molecule has 0 spiro atoms. The van der Waals surface area contributed by atoms with Crippen LogP contribution in [-0.2, 0) is 4.74 Å². The van der Waals surface area contributed by atoms with Gasteiger partial charge in [0.25, 0.3) is 0 Å². The van der Waals surface area contributed by atoms with E-state index < -0.39 is 0 Å². The molecule has 2 nitrogen and oxygen atoms in total. The molecule has 0 saturated heterocycles. The molecule has 0 saturated carbocycles. The largest absolute Gasteiger partial charge is 0.489 e. The number of likely N-dealkylation sites (N-methyl/N-ethyl adjacent to an activating group) is 1. The Labute approximate surface area is 92.9 Å². The third kappa shape index (κ3) is 4.34. The van der Waals surface area contributed by atoms with Gasteiger partial charge in [-0.05, 0) is 46.0 Å². The van der Waals surface area contributed by atoms with Crippen molar-refractivity contribution in [1.82, 2.24) is 4.90 Å². The maximum Gasteiger partial charge on any atom is 0.119 e. The normalized spacial score (nSPS) is 18.2. The summed E-state index contributed by atoms with van der Waals surface area (Å²) in [6.45, 7) is 5.13. The van der Waals surface area contributed by atoms with E-state index in [0.29, 0.717) is 0 Å². The molecule has 1 rings (SSSR count). The van der Waals surface area contributed by atoms with Crippen LogP contribution in [-0.4, -0.2) is 31.6 Å². The molecule has 0 aromatic rings. The summed E-state index contributed by atoms with van der Waals surface area (Å²) in [6, 6.07) is 0. The maximum absolute atomic E-state index is 5.91. The average molecular weight is 207 g/mol. The van der Waals surface area contributed by atoms with Gasteiger partial charge in [0.15, 0.2) is 0 Å². The monoisotopic (exact) mass is 207 g/mol. The highest BCUT2D eigenvalue weighted by molar-refractivity contribution is 5.30. The van der Waals surface area contributed by atoms with Crippen molar-refractivity contribution in [3.05, 3.63) is 35.6 Å². The van der Waals surface area contributed by atoms with Crippen molar-refractivity contribution in [2.24, 2.45) is 0 Å². The van der Waals surface area contributed by atoms with Gasteiger partial charge < -0.3 is 9.64 Å². The molecule has 1 aliphatic carbocycles. The highest BCUT2D eigenvalue weighted by Crippen LogP contribution is 2.17. The molecule has 1 aliphatic rings. The minimum atomic E-state index is 0.229. The molecular formula is C13H21NO. The fourth-order valence-corrected chi connectivity index (χ4v) is 1.62. The Balaban J connectivity index is 2.54. The molecule has 84 valence electrons. The molecule has 0 radical (unpaired) electrons. The molecule has 1 atom stereocenters. The summed E-state index contributed by atoms with van der Waals surface area (Å²) in [6.07, 6.45) is 9.64. The molecule has 0 aromatic heterocycles. The van der Waals surface area contributed by atoms with Gasteiger partial charge >= 0.3 is 0 Å². The Hall–Kier alpha value is -1.02. The van der Waals surface area contributed by atoms with Gasteiger partial charge in [-0.1, -0.05) is 18.2 Å². The molecule has 0 N–H and O–H groups in total. The van der Waals surface area contributed by atoms with Crippen LogP contribution in [0.3, 0.4) is 0 Å². The number of rotatable bonds is 4. The SMILES string of the molecule is CC1=CC=CCC=C1OC(C)CN(C)C. The summed E-state index contributed by atoms with van der Waals surface area (Å²) in [7, 11) is 4.12. The number of hydrogen-bond acceptors (Lipinski definition) is 2. The zero-order chi connectivity index (χ0) is 11.3. The summed E-state index contributed by atoms with van der Waals surface area (Å²) >= 11 is 0. The molecule has 0 aromatic carbocycles. The molecular weight excluding hydrogens is 186 g/mol. The molecule has 15 heavy (non-hydrogen) atoms. The predicted octanol–water partition coefficient (Wildman–Crippen LogP) is 2.74. The van der Waals surface area contributed by atoms with Crippen molar-refractivity contribution < 1.29 is 4.74 Å². The van der Waals surface area contributed by atoms with E-state index in [1.54, 1.807) is 0 Å². The summed E-state index contributed by atoms with van der Waals surface area (Å²) in [5.74, 6) is 1.02. The molecule has 1 unspecified atom stereocenters. The van der Waals surface area contributed by atoms with Crippen LogP contribution in [0.4, 0.5) is 0 Å².